The van der Waals surface area contributed by atoms with Gasteiger partial charge in [0.15, 0.2) is 5.96 Å². The van der Waals surface area contributed by atoms with Gasteiger partial charge in [-0.15, -0.1) is 0 Å². The van der Waals surface area contributed by atoms with Gasteiger partial charge in [0.1, 0.15) is 5.60 Å². The molecule has 0 unspecified atom stereocenters. The number of nitrogens with zero attached hydrogens (tertiary/aromatic N) is 1. The van der Waals surface area contributed by atoms with E-state index in [0.717, 1.165) is 18.9 Å². The van der Waals surface area contributed by atoms with Gasteiger partial charge in [-0.25, -0.2) is 4.79 Å². The second-order valence-electron chi connectivity index (χ2n) is 7.07. The van der Waals surface area contributed by atoms with Crippen LogP contribution in [0.2, 0.25) is 0 Å². The minimum absolute atomic E-state index is 0.412. The molecule has 22 heavy (non-hydrogen) atoms. The number of ether oxygens (including phenoxy) is 1. The number of hydrogen-bond acceptors (Lipinski definition) is 3. The summed E-state index contributed by atoms with van der Waals surface area (Å²) in [7, 11) is 1.74. The molecule has 0 aromatic rings. The summed E-state index contributed by atoms with van der Waals surface area (Å²) in [6, 6.07) is 0. The van der Waals surface area contributed by atoms with Gasteiger partial charge in [0, 0.05) is 20.1 Å². The highest BCUT2D eigenvalue weighted by Crippen LogP contribution is 2.09. The predicted octanol–water partition coefficient (Wildman–Crippen LogP) is 2.64. The number of amides is 1. The number of carbonyl (C=O) groups excluding carboxylic acids is 1. The number of carbonyl (C=O) groups is 1. The third kappa shape index (κ3) is 11.2. The Morgan fingerprint density at radius 3 is 2.23 bits per heavy atom. The lowest BCUT2D eigenvalue weighted by Gasteiger charge is -2.29. The zero-order chi connectivity index (χ0) is 17.2. The van der Waals surface area contributed by atoms with Crippen LogP contribution in [-0.2, 0) is 4.74 Å². The number of alkyl carbamates (subject to hydrolysis) is 1. The van der Waals surface area contributed by atoms with E-state index in [1.807, 2.05) is 34.6 Å². The lowest BCUT2D eigenvalue weighted by Crippen LogP contribution is -2.54. The molecule has 0 fully saturated rings. The Bertz CT molecular complexity index is 360. The first-order valence-electron chi connectivity index (χ1n) is 8.05. The van der Waals surface area contributed by atoms with Crippen molar-refractivity contribution in [2.45, 2.75) is 71.9 Å². The second-order valence-corrected chi connectivity index (χ2v) is 7.07. The van der Waals surface area contributed by atoms with Crippen LogP contribution in [-0.4, -0.2) is 43.3 Å². The highest BCUT2D eigenvalue weighted by molar-refractivity contribution is 5.79. The molecular formula is C16H34N4O2. The van der Waals surface area contributed by atoms with Crippen molar-refractivity contribution in [1.82, 2.24) is 16.0 Å². The molecule has 0 radical (unpaired) electrons. The number of nitrogens with one attached hydrogen (secondary N) is 3. The zero-order valence-electron chi connectivity index (χ0n) is 15.3. The van der Waals surface area contributed by atoms with E-state index in [1.54, 1.807) is 7.05 Å². The van der Waals surface area contributed by atoms with Gasteiger partial charge >= 0.3 is 6.09 Å². The predicted molar refractivity (Wildman–Crippen MR) is 92.3 cm³/mol. The summed E-state index contributed by atoms with van der Waals surface area (Å²) in [5, 5.41) is 9.35. The first-order chi connectivity index (χ1) is 10.1. The molecule has 0 aliphatic carbocycles. The third-order valence-corrected chi connectivity index (χ3v) is 2.83. The van der Waals surface area contributed by atoms with Gasteiger partial charge in [0.25, 0.3) is 0 Å². The number of hydrogen-bond donors (Lipinski definition) is 3. The maximum Gasteiger partial charge on any atom is 0.408 e. The summed E-state index contributed by atoms with van der Waals surface area (Å²) in [4.78, 5) is 16.0. The molecule has 0 bridgehead atoms. The molecule has 6 heteroatoms. The van der Waals surface area contributed by atoms with Gasteiger partial charge in [-0.3, -0.25) is 4.99 Å². The van der Waals surface area contributed by atoms with Crippen LogP contribution >= 0.6 is 0 Å². The van der Waals surface area contributed by atoms with Crippen LogP contribution in [0, 0.1) is 0 Å². The maximum absolute atomic E-state index is 11.8. The second kappa shape index (κ2) is 9.54. The SMILES string of the molecule is CCCCCNC(=NC)NCC(C)(C)NC(=O)OC(C)(C)C. The zero-order valence-corrected chi connectivity index (χ0v) is 15.3. The molecule has 0 atom stereocenters. The summed E-state index contributed by atoms with van der Waals surface area (Å²) in [6.45, 7) is 13.0. The number of guanidine groups is 1. The van der Waals surface area contributed by atoms with E-state index < -0.39 is 17.2 Å². The Morgan fingerprint density at radius 1 is 1.09 bits per heavy atom. The molecule has 1 amide bonds. The molecule has 0 heterocycles. The molecule has 0 rings (SSSR count). The average molecular weight is 314 g/mol. The lowest BCUT2D eigenvalue weighted by molar-refractivity contribution is 0.0474. The Labute approximate surface area is 135 Å². The molecule has 0 aromatic carbocycles. The first-order valence-corrected chi connectivity index (χ1v) is 8.05. The van der Waals surface area contributed by atoms with E-state index in [2.05, 4.69) is 27.9 Å². The van der Waals surface area contributed by atoms with Crippen LogP contribution in [0.15, 0.2) is 4.99 Å². The Kier molecular flexibility index (Phi) is 8.90. The van der Waals surface area contributed by atoms with Crippen molar-refractivity contribution in [3.8, 4) is 0 Å². The highest BCUT2D eigenvalue weighted by Gasteiger charge is 2.24. The van der Waals surface area contributed by atoms with E-state index >= 15 is 0 Å². The molecule has 0 aliphatic heterocycles. The normalized spacial score (nSPS) is 12.8. The monoisotopic (exact) mass is 314 g/mol. The molecule has 0 aliphatic rings. The Morgan fingerprint density at radius 2 is 1.73 bits per heavy atom. The number of rotatable bonds is 7. The van der Waals surface area contributed by atoms with E-state index in [-0.39, 0.29) is 0 Å². The largest absolute Gasteiger partial charge is 0.444 e. The molecule has 0 aromatic heterocycles. The van der Waals surface area contributed by atoms with E-state index in [1.165, 1.54) is 12.8 Å². The highest BCUT2D eigenvalue weighted by atomic mass is 16.6. The standard InChI is InChI=1S/C16H34N4O2/c1-8-9-10-11-18-13(17-7)19-12-16(5,6)20-14(21)22-15(2,3)4/h8-12H2,1-7H3,(H,20,21)(H2,17,18,19). The molecular weight excluding hydrogens is 280 g/mol. The number of unbranched alkanes of at least 4 members (excludes halogenated alkanes) is 2. The van der Waals surface area contributed by atoms with Gasteiger partial charge in [-0.1, -0.05) is 19.8 Å². The molecule has 0 saturated heterocycles. The fourth-order valence-corrected chi connectivity index (χ4v) is 1.73. The van der Waals surface area contributed by atoms with E-state index in [4.69, 9.17) is 4.74 Å². The smallest absolute Gasteiger partial charge is 0.408 e. The van der Waals surface area contributed by atoms with Gasteiger partial charge in [0.05, 0.1) is 5.54 Å². The molecule has 0 saturated carbocycles. The summed E-state index contributed by atoms with van der Waals surface area (Å²) in [5.41, 5.74) is -0.937. The minimum Gasteiger partial charge on any atom is -0.444 e. The van der Waals surface area contributed by atoms with Crippen molar-refractivity contribution >= 4 is 12.1 Å². The van der Waals surface area contributed by atoms with Gasteiger partial charge in [-0.05, 0) is 41.0 Å². The van der Waals surface area contributed by atoms with Crippen LogP contribution in [0.1, 0.15) is 60.8 Å². The maximum atomic E-state index is 11.8. The fourth-order valence-electron chi connectivity index (χ4n) is 1.73. The summed E-state index contributed by atoms with van der Waals surface area (Å²) < 4.78 is 5.27. The quantitative estimate of drug-likeness (QED) is 0.384. The van der Waals surface area contributed by atoms with E-state index in [9.17, 15) is 4.79 Å². The average Bonchev–Trinajstić information content (AvgIpc) is 2.34. The fraction of sp³-hybridized carbons (Fsp3) is 0.875. The van der Waals surface area contributed by atoms with Crippen molar-refractivity contribution in [2.24, 2.45) is 4.99 Å². The molecule has 3 N–H and O–H groups in total. The summed E-state index contributed by atoms with van der Waals surface area (Å²) in [6.07, 6.45) is 3.11. The van der Waals surface area contributed by atoms with Crippen LogP contribution in [0.5, 0.6) is 0 Å². The van der Waals surface area contributed by atoms with Crippen molar-refractivity contribution in [1.29, 1.82) is 0 Å². The van der Waals surface area contributed by atoms with Crippen LogP contribution < -0.4 is 16.0 Å². The van der Waals surface area contributed by atoms with Gasteiger partial charge in [0.2, 0.25) is 0 Å². The van der Waals surface area contributed by atoms with Crippen molar-refractivity contribution < 1.29 is 9.53 Å². The Hall–Kier alpha value is -1.46. The van der Waals surface area contributed by atoms with Crippen LogP contribution in [0.4, 0.5) is 4.79 Å². The van der Waals surface area contributed by atoms with Gasteiger partial charge in [-0.2, -0.15) is 0 Å². The topological polar surface area (TPSA) is 74.8 Å². The lowest BCUT2D eigenvalue weighted by atomic mass is 10.1. The van der Waals surface area contributed by atoms with Crippen molar-refractivity contribution in [2.75, 3.05) is 20.1 Å². The van der Waals surface area contributed by atoms with Crippen molar-refractivity contribution in [3.05, 3.63) is 0 Å². The molecule has 6 nitrogen and oxygen atoms in total. The summed E-state index contributed by atoms with van der Waals surface area (Å²) in [5.74, 6) is 0.746. The minimum atomic E-state index is -0.496. The number of aliphatic imine (C=N–C) groups is 1. The Balaban J connectivity index is 4.20. The molecule has 130 valence electrons. The van der Waals surface area contributed by atoms with Crippen LogP contribution in [0.25, 0.3) is 0 Å². The van der Waals surface area contributed by atoms with Crippen LogP contribution in [0.3, 0.4) is 0 Å². The van der Waals surface area contributed by atoms with E-state index in [0.29, 0.717) is 6.54 Å². The van der Waals surface area contributed by atoms with Crippen molar-refractivity contribution in [3.63, 3.8) is 0 Å². The third-order valence-electron chi connectivity index (χ3n) is 2.83. The molecule has 0 spiro atoms. The summed E-state index contributed by atoms with van der Waals surface area (Å²) >= 11 is 0. The van der Waals surface area contributed by atoms with Gasteiger partial charge < -0.3 is 20.7 Å². The first kappa shape index (κ1) is 20.5.